The molecular weight excluding hydrogens is 615 g/mol. The van der Waals surface area contributed by atoms with Crippen molar-refractivity contribution < 1.29 is 0 Å². The fourth-order valence-electron chi connectivity index (χ4n) is 8.83. The number of hydrogen-bond acceptors (Lipinski definition) is 2. The van der Waals surface area contributed by atoms with Crippen LogP contribution in [0.25, 0.3) is 22.8 Å². The van der Waals surface area contributed by atoms with Crippen LogP contribution >= 0.6 is 0 Å². The molecule has 0 aromatic heterocycles. The van der Waals surface area contributed by atoms with Crippen molar-refractivity contribution in [2.75, 3.05) is 10.6 Å². The maximum absolute atomic E-state index is 6.48. The normalized spacial score (nSPS) is 21.2. The zero-order chi connectivity index (χ0) is 35.2. The van der Waals surface area contributed by atoms with Gasteiger partial charge in [0.25, 0.3) is 0 Å². The molecule has 0 saturated heterocycles. The summed E-state index contributed by atoms with van der Waals surface area (Å²) in [6, 6.07) is 40.5. The van der Waals surface area contributed by atoms with Crippen LogP contribution in [0.2, 0.25) is 6.32 Å². The van der Waals surface area contributed by atoms with Gasteiger partial charge in [0, 0.05) is 28.5 Å². The van der Waals surface area contributed by atoms with Crippen molar-refractivity contribution in [1.82, 2.24) is 0 Å². The number of nitrogens with one attached hydrogen (secondary N) is 2. The summed E-state index contributed by atoms with van der Waals surface area (Å²) in [5.74, 6) is 0. The summed E-state index contributed by atoms with van der Waals surface area (Å²) in [6.07, 6.45) is 14.6. The minimum atomic E-state index is -0.390. The van der Waals surface area contributed by atoms with Crippen molar-refractivity contribution in [3.05, 3.63) is 172 Å². The number of benzene rings is 5. The molecule has 8 rings (SSSR count). The highest BCUT2D eigenvalue weighted by Gasteiger charge is 2.46. The highest BCUT2D eigenvalue weighted by atomic mass is 14.9. The SMILES string of the molecule is [B]CC1/C=C(c2ccccc2C(C)(C)C)\C=C/c2c(cc(C)cc2-c2cccc3c2Nc2ccccc2C3(C2=CCCCC2)c2ccccc2)N1. The first-order valence-electron chi connectivity index (χ1n) is 18.7. The summed E-state index contributed by atoms with van der Waals surface area (Å²) >= 11 is 0. The molecule has 51 heavy (non-hydrogen) atoms. The molecule has 0 bridgehead atoms. The van der Waals surface area contributed by atoms with Gasteiger partial charge in [0.05, 0.1) is 18.9 Å². The maximum Gasteiger partial charge on any atom is 0.0702 e. The van der Waals surface area contributed by atoms with Gasteiger partial charge in [-0.25, -0.2) is 0 Å². The first kappa shape index (κ1) is 33.1. The summed E-state index contributed by atoms with van der Waals surface area (Å²) in [5.41, 5.74) is 17.1. The lowest BCUT2D eigenvalue weighted by Crippen LogP contribution is -2.36. The Hall–Kier alpha value is -5.02. The van der Waals surface area contributed by atoms with Crippen LogP contribution in [-0.4, -0.2) is 13.9 Å². The topological polar surface area (TPSA) is 24.1 Å². The van der Waals surface area contributed by atoms with Crippen molar-refractivity contribution in [2.45, 2.75) is 76.6 Å². The summed E-state index contributed by atoms with van der Waals surface area (Å²) in [6.45, 7) is 9.06. The Bertz CT molecular complexity index is 2200. The molecule has 2 aliphatic heterocycles. The minimum Gasteiger partial charge on any atom is -0.379 e. The highest BCUT2D eigenvalue weighted by Crippen LogP contribution is 2.57. The van der Waals surface area contributed by atoms with Gasteiger partial charge in [-0.2, -0.15) is 0 Å². The van der Waals surface area contributed by atoms with Crippen LogP contribution in [0.4, 0.5) is 17.1 Å². The molecule has 5 aromatic carbocycles. The molecule has 2 radical (unpaired) electrons. The Kier molecular flexibility index (Phi) is 8.62. The molecule has 3 heteroatoms. The van der Waals surface area contributed by atoms with Crippen molar-refractivity contribution in [2.24, 2.45) is 0 Å². The first-order chi connectivity index (χ1) is 24.8. The average molecular weight is 663 g/mol. The third kappa shape index (κ3) is 5.77. The van der Waals surface area contributed by atoms with Crippen LogP contribution in [0.3, 0.4) is 0 Å². The van der Waals surface area contributed by atoms with E-state index in [4.69, 9.17) is 7.85 Å². The van der Waals surface area contributed by atoms with E-state index in [0.29, 0.717) is 6.32 Å². The third-order valence-electron chi connectivity index (χ3n) is 11.1. The van der Waals surface area contributed by atoms with Gasteiger partial charge < -0.3 is 10.6 Å². The molecule has 0 spiro atoms. The lowest BCUT2D eigenvalue weighted by molar-refractivity contribution is 0.588. The van der Waals surface area contributed by atoms with Crippen molar-refractivity contribution in [3.8, 4) is 11.1 Å². The maximum atomic E-state index is 6.48. The van der Waals surface area contributed by atoms with Gasteiger partial charge in [-0.15, -0.1) is 0 Å². The van der Waals surface area contributed by atoms with Crippen molar-refractivity contribution in [1.29, 1.82) is 0 Å². The number of fused-ring (bicyclic) bond motifs is 3. The molecule has 0 fully saturated rings. The molecule has 0 amide bonds. The number of allylic oxidation sites excluding steroid dienone is 4. The van der Waals surface area contributed by atoms with E-state index in [0.717, 1.165) is 18.5 Å². The lowest BCUT2D eigenvalue weighted by Gasteiger charge is -2.45. The fraction of sp³-hybridized carbons (Fsp3) is 0.250. The van der Waals surface area contributed by atoms with E-state index in [-0.39, 0.29) is 11.5 Å². The van der Waals surface area contributed by atoms with Gasteiger partial charge in [-0.05, 0) is 94.7 Å². The summed E-state index contributed by atoms with van der Waals surface area (Å²) in [4.78, 5) is 0. The van der Waals surface area contributed by atoms with Crippen LogP contribution in [0.5, 0.6) is 0 Å². The smallest absolute Gasteiger partial charge is 0.0702 e. The second-order valence-electron chi connectivity index (χ2n) is 15.5. The predicted octanol–water partition coefficient (Wildman–Crippen LogP) is 12.3. The summed E-state index contributed by atoms with van der Waals surface area (Å²) in [5, 5.41) is 7.87. The largest absolute Gasteiger partial charge is 0.379 e. The summed E-state index contributed by atoms with van der Waals surface area (Å²) in [7, 11) is 6.48. The molecule has 2 atom stereocenters. The monoisotopic (exact) mass is 662 g/mol. The van der Waals surface area contributed by atoms with Crippen LogP contribution in [-0.2, 0) is 10.8 Å². The lowest BCUT2D eigenvalue weighted by atomic mass is 9.60. The van der Waals surface area contributed by atoms with E-state index in [1.165, 1.54) is 85.4 Å². The minimum absolute atomic E-state index is 0.00352. The molecule has 252 valence electrons. The number of para-hydroxylation sites is 2. The quantitative estimate of drug-likeness (QED) is 0.145. The van der Waals surface area contributed by atoms with Crippen molar-refractivity contribution in [3.63, 3.8) is 0 Å². The van der Waals surface area contributed by atoms with Gasteiger partial charge in [0.15, 0.2) is 0 Å². The van der Waals surface area contributed by atoms with E-state index < -0.39 is 5.41 Å². The van der Waals surface area contributed by atoms with Gasteiger partial charge in [-0.3, -0.25) is 0 Å². The second kappa shape index (κ2) is 13.3. The molecule has 2 nitrogen and oxygen atoms in total. The zero-order valence-electron chi connectivity index (χ0n) is 30.4. The first-order valence-corrected chi connectivity index (χ1v) is 18.7. The summed E-state index contributed by atoms with van der Waals surface area (Å²) < 4.78 is 0. The Morgan fingerprint density at radius 3 is 2.27 bits per heavy atom. The Morgan fingerprint density at radius 1 is 0.745 bits per heavy atom. The Balaban J connectivity index is 1.37. The average Bonchev–Trinajstić information content (AvgIpc) is 3.14. The van der Waals surface area contributed by atoms with Gasteiger partial charge >= 0.3 is 0 Å². The van der Waals surface area contributed by atoms with Crippen LogP contribution < -0.4 is 10.6 Å². The van der Waals surface area contributed by atoms with Gasteiger partial charge in [0.1, 0.15) is 0 Å². The van der Waals surface area contributed by atoms with E-state index in [9.17, 15) is 0 Å². The molecule has 3 aliphatic rings. The molecule has 2 unspecified atom stereocenters. The molecule has 1 aliphatic carbocycles. The number of anilines is 3. The van der Waals surface area contributed by atoms with Crippen LogP contribution in [0.15, 0.2) is 133 Å². The van der Waals surface area contributed by atoms with E-state index in [1.54, 1.807) is 0 Å². The molecular formula is C48H47BN2. The Labute approximate surface area is 305 Å². The highest BCUT2D eigenvalue weighted by molar-refractivity contribution is 6.09. The van der Waals surface area contributed by atoms with E-state index in [1.807, 2.05) is 0 Å². The zero-order valence-corrected chi connectivity index (χ0v) is 30.4. The van der Waals surface area contributed by atoms with Crippen LogP contribution in [0, 0.1) is 6.92 Å². The van der Waals surface area contributed by atoms with Gasteiger partial charge in [0.2, 0.25) is 0 Å². The van der Waals surface area contributed by atoms with E-state index in [2.05, 4.69) is 172 Å². The third-order valence-corrected chi connectivity index (χ3v) is 11.1. The Morgan fingerprint density at radius 2 is 1.49 bits per heavy atom. The van der Waals surface area contributed by atoms with Crippen LogP contribution in [0.1, 0.15) is 85.4 Å². The van der Waals surface area contributed by atoms with Crippen molar-refractivity contribution >= 4 is 36.6 Å². The molecule has 2 heterocycles. The number of aryl methyl sites for hydroxylation is 1. The second-order valence-corrected chi connectivity index (χ2v) is 15.5. The van der Waals surface area contributed by atoms with E-state index >= 15 is 0 Å². The predicted molar refractivity (Wildman–Crippen MR) is 219 cm³/mol. The standard InChI is InChI=1S/C48H47BN2/c1-32-28-40(38-27-26-33(30-36(31-49)50-45(38)29-32)37-20-11-12-22-41(37)47(2,3)4)39-21-15-24-43-46(39)51-44-25-14-13-23-42(44)48(43,34-16-7-5-8-17-34)35-18-9-6-10-19-35/h5,7-8,11-18,20-30,36,50-51H,6,9-10,19,31H2,1-4H3/b27-26-,33-30+. The molecule has 2 N–H and O–H groups in total. The van der Waals surface area contributed by atoms with Gasteiger partial charge in [-0.1, -0.05) is 154 Å². The number of hydrogen-bond donors (Lipinski definition) is 2. The molecule has 0 saturated carbocycles. The molecule has 5 aromatic rings. The number of rotatable bonds is 5. The fourth-order valence-corrected chi connectivity index (χ4v) is 8.83.